The van der Waals surface area contributed by atoms with Gasteiger partial charge in [-0.25, -0.2) is 0 Å². The molecule has 2 heterocycles. The Balaban J connectivity index is 0.000000132. The Morgan fingerprint density at radius 1 is 0.258 bits per heavy atom. The van der Waals surface area contributed by atoms with Crippen LogP contribution in [-0.2, 0) is 10.8 Å². The van der Waals surface area contributed by atoms with E-state index in [1.165, 1.54) is 77.5 Å². The van der Waals surface area contributed by atoms with Crippen LogP contribution in [-0.4, -0.2) is 0 Å². The zero-order valence-corrected chi connectivity index (χ0v) is 38.7. The lowest BCUT2D eigenvalue weighted by Crippen LogP contribution is -2.31. The Labute approximate surface area is 399 Å². The van der Waals surface area contributed by atoms with Gasteiger partial charge in [0.15, 0.2) is 0 Å². The molecule has 0 aliphatic heterocycles. The van der Waals surface area contributed by atoms with Crippen LogP contribution in [0.3, 0.4) is 0 Å². The number of benzene rings is 10. The Morgan fingerprint density at radius 3 is 1.17 bits per heavy atom. The van der Waals surface area contributed by atoms with Crippen LogP contribution in [0.1, 0.15) is 44.5 Å². The molecule has 4 heteroatoms. The van der Waals surface area contributed by atoms with Gasteiger partial charge in [-0.15, -0.1) is 0 Å². The SMILES string of the molecule is Brc1ccc2c3c1oc1c(Br)ccc(c13)C(c1ccccc1)(c1ccccc1)c1ccccc1-2.c1ccc(C2(c3ccccc3)c3ccccc3-c3cccc4oc5cccc2c5c34)cc1. The van der Waals surface area contributed by atoms with Crippen LogP contribution < -0.4 is 0 Å². The van der Waals surface area contributed by atoms with Crippen molar-refractivity contribution in [3.05, 3.63) is 284 Å². The van der Waals surface area contributed by atoms with Crippen molar-refractivity contribution in [3.63, 3.8) is 0 Å². The predicted molar refractivity (Wildman–Crippen MR) is 277 cm³/mol. The maximum Gasteiger partial charge on any atom is 0.150 e. The van der Waals surface area contributed by atoms with E-state index in [0.29, 0.717) is 0 Å². The zero-order valence-electron chi connectivity index (χ0n) is 35.5. The van der Waals surface area contributed by atoms with Gasteiger partial charge in [0.05, 0.1) is 19.8 Å². The molecule has 2 aliphatic rings. The summed E-state index contributed by atoms with van der Waals surface area (Å²) in [4.78, 5) is 0. The van der Waals surface area contributed by atoms with Crippen molar-refractivity contribution in [2.45, 2.75) is 10.8 Å². The Bertz CT molecular complexity index is 3750. The van der Waals surface area contributed by atoms with Gasteiger partial charge in [0.25, 0.3) is 0 Å². The van der Waals surface area contributed by atoms with Gasteiger partial charge in [-0.3, -0.25) is 0 Å². The fraction of sp³-hybridized carbons (Fsp3) is 0.0323. The summed E-state index contributed by atoms with van der Waals surface area (Å²) in [5.41, 5.74) is 17.6. The topological polar surface area (TPSA) is 26.3 Å². The van der Waals surface area contributed by atoms with Crippen molar-refractivity contribution in [1.29, 1.82) is 0 Å². The van der Waals surface area contributed by atoms with Crippen LogP contribution in [0.15, 0.2) is 248 Å². The largest absolute Gasteiger partial charge is 0.456 e. The summed E-state index contributed by atoms with van der Waals surface area (Å²) in [5.74, 6) is 0. The van der Waals surface area contributed by atoms with Gasteiger partial charge in [0.2, 0.25) is 0 Å². The van der Waals surface area contributed by atoms with Crippen LogP contribution in [0, 0.1) is 0 Å². The molecule has 66 heavy (non-hydrogen) atoms. The van der Waals surface area contributed by atoms with Gasteiger partial charge < -0.3 is 8.83 Å². The average Bonchev–Trinajstić information content (AvgIpc) is 3.93. The lowest BCUT2D eigenvalue weighted by atomic mass is 9.64. The molecule has 0 amide bonds. The fourth-order valence-corrected chi connectivity index (χ4v) is 12.4. The van der Waals surface area contributed by atoms with Gasteiger partial charge in [-0.2, -0.15) is 0 Å². The molecule has 10 aromatic carbocycles. The summed E-state index contributed by atoms with van der Waals surface area (Å²) in [6, 6.07) is 82.9. The first-order valence-electron chi connectivity index (χ1n) is 22.3. The number of furan rings is 2. The molecule has 0 fully saturated rings. The summed E-state index contributed by atoms with van der Waals surface area (Å²) in [5, 5.41) is 4.73. The maximum absolute atomic E-state index is 6.56. The van der Waals surface area contributed by atoms with E-state index in [9.17, 15) is 0 Å². The van der Waals surface area contributed by atoms with Crippen LogP contribution in [0.5, 0.6) is 0 Å². The summed E-state index contributed by atoms with van der Waals surface area (Å²) < 4.78 is 14.9. The van der Waals surface area contributed by atoms with Crippen molar-refractivity contribution in [2.75, 3.05) is 0 Å². The lowest BCUT2D eigenvalue weighted by molar-refractivity contribution is 0.662. The minimum absolute atomic E-state index is 0.464. The third kappa shape index (κ3) is 5.40. The lowest BCUT2D eigenvalue weighted by Gasteiger charge is -2.37. The van der Waals surface area contributed by atoms with E-state index in [0.717, 1.165) is 42.0 Å². The van der Waals surface area contributed by atoms with Crippen molar-refractivity contribution in [3.8, 4) is 22.3 Å². The summed E-state index contributed by atoms with van der Waals surface area (Å²) in [7, 11) is 0. The normalized spacial score (nSPS) is 13.8. The molecule has 2 aromatic heterocycles. The molecule has 0 saturated heterocycles. The minimum Gasteiger partial charge on any atom is -0.456 e. The second-order valence-corrected chi connectivity index (χ2v) is 18.9. The first kappa shape index (κ1) is 39.2. The Kier molecular flexibility index (Phi) is 9.00. The van der Waals surface area contributed by atoms with Crippen LogP contribution >= 0.6 is 31.9 Å². The van der Waals surface area contributed by atoms with Gasteiger partial charge in [0.1, 0.15) is 22.3 Å². The van der Waals surface area contributed by atoms with Crippen molar-refractivity contribution >= 4 is 75.7 Å². The second-order valence-electron chi connectivity index (χ2n) is 17.2. The predicted octanol–water partition coefficient (Wildman–Crippen LogP) is 17.4. The molecule has 0 saturated carbocycles. The number of rotatable bonds is 4. The van der Waals surface area contributed by atoms with Gasteiger partial charge in [-0.1, -0.05) is 206 Å². The van der Waals surface area contributed by atoms with E-state index in [4.69, 9.17) is 8.83 Å². The number of fused-ring (bicyclic) bond motifs is 4. The quantitative estimate of drug-likeness (QED) is 0.176. The van der Waals surface area contributed by atoms with Crippen molar-refractivity contribution in [2.24, 2.45) is 0 Å². The maximum atomic E-state index is 6.56. The molecule has 312 valence electrons. The average molecular weight is 975 g/mol. The molecule has 0 unspecified atom stereocenters. The number of halogens is 2. The molecular weight excluding hydrogens is 936 g/mol. The first-order valence-corrected chi connectivity index (χ1v) is 23.9. The molecule has 2 nitrogen and oxygen atoms in total. The van der Waals surface area contributed by atoms with Crippen LogP contribution in [0.2, 0.25) is 0 Å². The molecule has 2 aliphatic carbocycles. The van der Waals surface area contributed by atoms with E-state index < -0.39 is 10.8 Å². The van der Waals surface area contributed by atoms with E-state index in [2.05, 4.69) is 262 Å². The monoisotopic (exact) mass is 972 g/mol. The third-order valence-electron chi connectivity index (χ3n) is 14.1. The smallest absolute Gasteiger partial charge is 0.150 e. The van der Waals surface area contributed by atoms with E-state index in [1.807, 2.05) is 0 Å². The molecule has 0 spiro atoms. The highest BCUT2D eigenvalue weighted by atomic mass is 79.9. The zero-order chi connectivity index (χ0) is 44.0. The molecule has 0 bridgehead atoms. The summed E-state index contributed by atoms with van der Waals surface area (Å²) in [6.45, 7) is 0. The number of hydrogen-bond acceptors (Lipinski definition) is 2. The Hall–Kier alpha value is -7.24. The van der Waals surface area contributed by atoms with Gasteiger partial charge in [-0.05, 0) is 123 Å². The molecule has 0 radical (unpaired) electrons. The molecular formula is C62H38Br2O2. The second kappa shape index (κ2) is 15.2. The molecule has 14 rings (SSSR count). The van der Waals surface area contributed by atoms with Crippen molar-refractivity contribution < 1.29 is 8.83 Å². The molecule has 0 N–H and O–H groups in total. The molecule has 0 atom stereocenters. The highest BCUT2D eigenvalue weighted by Gasteiger charge is 2.45. The minimum atomic E-state index is -0.514. The highest BCUT2D eigenvalue weighted by molar-refractivity contribution is 9.11. The third-order valence-corrected chi connectivity index (χ3v) is 15.3. The van der Waals surface area contributed by atoms with E-state index >= 15 is 0 Å². The fourth-order valence-electron chi connectivity index (χ4n) is 11.6. The standard InChI is InChI=1S/C31H18Br2O.C31H20O/c32-25-17-15-22-21-13-7-8-14-23(21)31(19-9-3-1-4-10-19,20-11-5-2-6-12-20)24-16-18-26(33)30-28(24)27(22)29(25)34-30;1-3-11-21(12-4-1)31(22-13-5-2-6-14-22)25-17-8-7-15-23(25)24-16-9-19-27-29(24)30-26(31)18-10-20-28(30)32-27/h1-18H;1-20H. The van der Waals surface area contributed by atoms with Crippen LogP contribution in [0.25, 0.3) is 66.1 Å². The molecule has 12 aromatic rings. The summed E-state index contributed by atoms with van der Waals surface area (Å²) in [6.07, 6.45) is 0. The van der Waals surface area contributed by atoms with Crippen LogP contribution in [0.4, 0.5) is 0 Å². The van der Waals surface area contributed by atoms with Crippen molar-refractivity contribution in [1.82, 2.24) is 0 Å². The highest BCUT2D eigenvalue weighted by Crippen LogP contribution is 2.58. The first-order chi connectivity index (χ1) is 32.6. The number of hydrogen-bond donors (Lipinski definition) is 0. The van der Waals surface area contributed by atoms with Gasteiger partial charge in [0, 0.05) is 21.5 Å². The van der Waals surface area contributed by atoms with E-state index in [1.54, 1.807) is 0 Å². The van der Waals surface area contributed by atoms with E-state index in [-0.39, 0.29) is 0 Å². The Morgan fingerprint density at radius 2 is 0.636 bits per heavy atom. The summed E-state index contributed by atoms with van der Waals surface area (Å²) >= 11 is 7.54. The van der Waals surface area contributed by atoms with Gasteiger partial charge >= 0.3 is 0 Å².